The molecule has 0 saturated heterocycles. The van der Waals surface area contributed by atoms with E-state index in [1.54, 1.807) is 12.5 Å². The molecule has 1 amide bonds. The van der Waals surface area contributed by atoms with Crippen molar-refractivity contribution in [1.82, 2.24) is 14.9 Å². The van der Waals surface area contributed by atoms with Gasteiger partial charge in [0.15, 0.2) is 0 Å². The van der Waals surface area contributed by atoms with Gasteiger partial charge in [-0.25, -0.2) is 4.98 Å². The largest absolute Gasteiger partial charge is 0.390 e. The topological polar surface area (TPSA) is 67.2 Å². The summed E-state index contributed by atoms with van der Waals surface area (Å²) in [7, 11) is 0. The molecule has 3 atom stereocenters. The van der Waals surface area contributed by atoms with E-state index in [4.69, 9.17) is 0 Å². The predicted octanol–water partition coefficient (Wildman–Crippen LogP) is 3.14. The summed E-state index contributed by atoms with van der Waals surface area (Å²) in [5.74, 6) is 1.40. The molecule has 1 aromatic rings. The van der Waals surface area contributed by atoms with Crippen LogP contribution in [0.5, 0.6) is 0 Å². The molecule has 144 valence electrons. The number of amides is 1. The van der Waals surface area contributed by atoms with E-state index in [1.165, 1.54) is 6.42 Å². The molecular weight excluding hydrogens is 326 g/mol. The van der Waals surface area contributed by atoms with Gasteiger partial charge in [0.25, 0.3) is 0 Å². The molecule has 5 nitrogen and oxygen atoms in total. The number of aliphatic hydroxyl groups is 1. The Labute approximate surface area is 156 Å². The standard InChI is InChI=1S/C21H33N3O2/c1-19(2,3)17(12-24-5-4-22-14-24)23-18(25)11-20-7-15-6-16(8-20)10-21(26,9-15)13-20/h4-5,14-17,26H,6-13H2,1-3H3,(H,23,25)/t15-,16-,17-,20?,21?/m0/s1. The highest BCUT2D eigenvalue weighted by Gasteiger charge is 2.57. The number of hydrogen-bond acceptors (Lipinski definition) is 3. The molecule has 4 aliphatic rings. The second-order valence-electron chi connectivity index (χ2n) is 10.6. The normalized spacial score (nSPS) is 36.9. The van der Waals surface area contributed by atoms with Crippen molar-refractivity contribution in [2.75, 3.05) is 0 Å². The predicted molar refractivity (Wildman–Crippen MR) is 100 cm³/mol. The van der Waals surface area contributed by atoms with E-state index in [0.29, 0.717) is 18.3 Å². The van der Waals surface area contributed by atoms with Crippen molar-refractivity contribution >= 4 is 5.91 Å². The van der Waals surface area contributed by atoms with Crippen molar-refractivity contribution < 1.29 is 9.90 Å². The van der Waals surface area contributed by atoms with Gasteiger partial charge in [-0.2, -0.15) is 0 Å². The highest BCUT2D eigenvalue weighted by molar-refractivity contribution is 5.77. The maximum atomic E-state index is 13.0. The number of hydrogen-bond donors (Lipinski definition) is 2. The van der Waals surface area contributed by atoms with E-state index in [1.807, 2.05) is 10.8 Å². The van der Waals surface area contributed by atoms with Crippen molar-refractivity contribution in [2.45, 2.75) is 83.9 Å². The van der Waals surface area contributed by atoms with Crippen LogP contribution < -0.4 is 5.32 Å². The first-order valence-electron chi connectivity index (χ1n) is 10.1. The smallest absolute Gasteiger partial charge is 0.220 e. The van der Waals surface area contributed by atoms with E-state index in [-0.39, 0.29) is 22.8 Å². The number of nitrogens with one attached hydrogen (secondary N) is 1. The van der Waals surface area contributed by atoms with Crippen LogP contribution in [-0.4, -0.2) is 32.2 Å². The Morgan fingerprint density at radius 3 is 2.54 bits per heavy atom. The summed E-state index contributed by atoms with van der Waals surface area (Å²) in [6, 6.07) is 0.0567. The van der Waals surface area contributed by atoms with Gasteiger partial charge in [0.05, 0.1) is 18.0 Å². The summed E-state index contributed by atoms with van der Waals surface area (Å²) in [6.07, 6.45) is 12.3. The fourth-order valence-corrected chi connectivity index (χ4v) is 6.34. The zero-order valence-corrected chi connectivity index (χ0v) is 16.4. The van der Waals surface area contributed by atoms with Crippen LogP contribution >= 0.6 is 0 Å². The van der Waals surface area contributed by atoms with Gasteiger partial charge in [-0.3, -0.25) is 4.79 Å². The van der Waals surface area contributed by atoms with Crippen LogP contribution in [-0.2, 0) is 11.3 Å². The van der Waals surface area contributed by atoms with E-state index in [9.17, 15) is 9.90 Å². The van der Waals surface area contributed by atoms with Crippen molar-refractivity contribution in [3.63, 3.8) is 0 Å². The zero-order valence-electron chi connectivity index (χ0n) is 16.4. The van der Waals surface area contributed by atoms with Gasteiger partial charge in [-0.1, -0.05) is 20.8 Å². The van der Waals surface area contributed by atoms with Crippen LogP contribution in [0.4, 0.5) is 0 Å². The van der Waals surface area contributed by atoms with Gasteiger partial charge < -0.3 is 15.0 Å². The molecule has 1 aromatic heterocycles. The number of carbonyl (C=O) groups is 1. The molecule has 2 N–H and O–H groups in total. The number of aromatic nitrogens is 2. The molecular formula is C21H33N3O2. The minimum atomic E-state index is -0.495. The molecule has 0 unspecified atom stereocenters. The van der Waals surface area contributed by atoms with Gasteiger partial charge in [-0.15, -0.1) is 0 Å². The molecule has 0 aliphatic heterocycles. The Morgan fingerprint density at radius 1 is 1.31 bits per heavy atom. The van der Waals surface area contributed by atoms with Crippen molar-refractivity contribution in [3.05, 3.63) is 18.7 Å². The van der Waals surface area contributed by atoms with Crippen molar-refractivity contribution in [2.24, 2.45) is 22.7 Å². The molecule has 4 saturated carbocycles. The quantitative estimate of drug-likeness (QED) is 0.849. The van der Waals surface area contributed by atoms with E-state index < -0.39 is 5.60 Å². The molecule has 4 fully saturated rings. The molecule has 1 heterocycles. The number of rotatable bonds is 5. The molecule has 5 heteroatoms. The Hall–Kier alpha value is -1.36. The van der Waals surface area contributed by atoms with Gasteiger partial charge >= 0.3 is 0 Å². The first kappa shape index (κ1) is 18.0. The summed E-state index contributed by atoms with van der Waals surface area (Å²) in [5, 5.41) is 14.2. The SMILES string of the molecule is CC(C)(C)[C@H](Cn1ccnc1)NC(=O)CC12C[C@@H]3C[C@H](CC(O)(C3)C1)C2. The second kappa shape index (κ2) is 6.08. The maximum absolute atomic E-state index is 13.0. The van der Waals surface area contributed by atoms with Crippen LogP contribution in [0.1, 0.15) is 65.7 Å². The molecule has 26 heavy (non-hydrogen) atoms. The third-order valence-corrected chi connectivity index (χ3v) is 7.02. The molecule has 5 rings (SSSR count). The zero-order chi connectivity index (χ0) is 18.6. The van der Waals surface area contributed by atoms with Gasteiger partial charge in [0, 0.05) is 25.4 Å². The second-order valence-corrected chi connectivity index (χ2v) is 10.6. The summed E-state index contributed by atoms with van der Waals surface area (Å²) in [5.41, 5.74) is -0.495. The third kappa shape index (κ3) is 3.55. The van der Waals surface area contributed by atoms with Gasteiger partial charge in [-0.05, 0) is 61.2 Å². The Bertz CT molecular complexity index is 647. The molecule has 4 bridgehead atoms. The summed E-state index contributed by atoms with van der Waals surface area (Å²) in [6.45, 7) is 7.24. The minimum Gasteiger partial charge on any atom is -0.390 e. The Balaban J connectivity index is 1.44. The summed E-state index contributed by atoms with van der Waals surface area (Å²) in [4.78, 5) is 17.1. The highest BCUT2D eigenvalue weighted by Crippen LogP contribution is 2.62. The fourth-order valence-electron chi connectivity index (χ4n) is 6.34. The van der Waals surface area contributed by atoms with Crippen molar-refractivity contribution in [1.29, 1.82) is 0 Å². The third-order valence-electron chi connectivity index (χ3n) is 7.02. The highest BCUT2D eigenvalue weighted by atomic mass is 16.3. The first-order chi connectivity index (χ1) is 12.1. The van der Waals surface area contributed by atoms with E-state index in [0.717, 1.165) is 38.6 Å². The average Bonchev–Trinajstić information content (AvgIpc) is 2.95. The van der Waals surface area contributed by atoms with Crippen LogP contribution in [0.2, 0.25) is 0 Å². The monoisotopic (exact) mass is 359 g/mol. The lowest BCUT2D eigenvalue weighted by atomic mass is 9.47. The molecule has 0 spiro atoms. The molecule has 4 aliphatic carbocycles. The van der Waals surface area contributed by atoms with E-state index in [2.05, 4.69) is 31.1 Å². The maximum Gasteiger partial charge on any atom is 0.220 e. The summed E-state index contributed by atoms with van der Waals surface area (Å²) >= 11 is 0. The van der Waals surface area contributed by atoms with E-state index >= 15 is 0 Å². The Kier molecular flexibility index (Phi) is 4.22. The van der Waals surface area contributed by atoms with Crippen LogP contribution in [0, 0.1) is 22.7 Å². The minimum absolute atomic E-state index is 0.0281. The number of imidazole rings is 1. The van der Waals surface area contributed by atoms with Crippen LogP contribution in [0.3, 0.4) is 0 Å². The van der Waals surface area contributed by atoms with Gasteiger partial charge in [0.1, 0.15) is 0 Å². The lowest BCUT2D eigenvalue weighted by Gasteiger charge is -2.60. The lowest BCUT2D eigenvalue weighted by Crippen LogP contribution is -2.57. The molecule has 0 radical (unpaired) electrons. The summed E-state index contributed by atoms with van der Waals surface area (Å²) < 4.78 is 2.03. The van der Waals surface area contributed by atoms with Crippen LogP contribution in [0.25, 0.3) is 0 Å². The van der Waals surface area contributed by atoms with Gasteiger partial charge in [0.2, 0.25) is 5.91 Å². The average molecular weight is 360 g/mol. The lowest BCUT2D eigenvalue weighted by molar-refractivity contribution is -0.169. The Morgan fingerprint density at radius 2 is 2.00 bits per heavy atom. The number of nitrogens with zero attached hydrogens (tertiary/aromatic N) is 2. The molecule has 0 aromatic carbocycles. The van der Waals surface area contributed by atoms with Crippen LogP contribution in [0.15, 0.2) is 18.7 Å². The first-order valence-corrected chi connectivity index (χ1v) is 10.1. The van der Waals surface area contributed by atoms with Crippen molar-refractivity contribution in [3.8, 4) is 0 Å². The number of carbonyl (C=O) groups excluding carboxylic acids is 1. The fraction of sp³-hybridized carbons (Fsp3) is 0.810.